The molecule has 1 amide bonds. The summed E-state index contributed by atoms with van der Waals surface area (Å²) in [5, 5.41) is 11.6. The van der Waals surface area contributed by atoms with E-state index in [0.717, 1.165) is 16.5 Å². The summed E-state index contributed by atoms with van der Waals surface area (Å²) in [4.78, 5) is 28.2. The Kier molecular flexibility index (Phi) is 5.16. The molecule has 2 aromatic carbocycles. The van der Waals surface area contributed by atoms with Crippen molar-refractivity contribution in [1.29, 1.82) is 0 Å². The van der Waals surface area contributed by atoms with Crippen molar-refractivity contribution in [2.45, 2.75) is 38.8 Å². The van der Waals surface area contributed by atoms with Gasteiger partial charge in [0, 0.05) is 5.39 Å². The lowest BCUT2D eigenvalue weighted by Crippen LogP contribution is -2.30. The van der Waals surface area contributed by atoms with Crippen LogP contribution in [0.25, 0.3) is 11.0 Å². The minimum absolute atomic E-state index is 0.000814. The third-order valence-corrected chi connectivity index (χ3v) is 6.20. The molecule has 0 fully saturated rings. The zero-order chi connectivity index (χ0) is 24.0. The maximum Gasteiger partial charge on any atom is 0.290 e. The fraction of sp³-hybridized carbons (Fsp3) is 0.214. The number of ketones is 1. The Hall–Kier alpha value is -4.06. The predicted molar refractivity (Wildman–Crippen MR) is 127 cm³/mol. The molecule has 6 nitrogen and oxygen atoms in total. The summed E-state index contributed by atoms with van der Waals surface area (Å²) in [6.07, 6.45) is 1.52. The molecule has 172 valence electrons. The Balaban J connectivity index is 1.60. The lowest BCUT2D eigenvalue weighted by atomic mass is 9.85. The SMILES string of the molecule is CC(C)(C)c1ccc([C@H]2C(C(=O)c3cc4ccccc4o3)=C(O)C(=O)N2Cc2ccco2)cc1. The van der Waals surface area contributed by atoms with Crippen LogP contribution < -0.4 is 0 Å². The fourth-order valence-corrected chi connectivity index (χ4v) is 4.36. The molecule has 0 bridgehead atoms. The van der Waals surface area contributed by atoms with Crippen molar-refractivity contribution < 1.29 is 23.5 Å². The van der Waals surface area contributed by atoms with Crippen LogP contribution in [0, 0.1) is 0 Å². The Morgan fingerprint density at radius 3 is 2.41 bits per heavy atom. The molecule has 1 atom stereocenters. The van der Waals surface area contributed by atoms with Crippen molar-refractivity contribution in [1.82, 2.24) is 4.90 Å². The molecule has 4 aromatic rings. The van der Waals surface area contributed by atoms with Gasteiger partial charge < -0.3 is 18.8 Å². The third kappa shape index (κ3) is 3.71. The number of furan rings is 2. The van der Waals surface area contributed by atoms with Crippen LogP contribution in [0.3, 0.4) is 0 Å². The second-order valence-corrected chi connectivity index (χ2v) is 9.53. The first-order chi connectivity index (χ1) is 16.2. The van der Waals surface area contributed by atoms with Gasteiger partial charge in [-0.2, -0.15) is 0 Å². The lowest BCUT2D eigenvalue weighted by molar-refractivity contribution is -0.130. The zero-order valence-electron chi connectivity index (χ0n) is 19.2. The number of Topliss-reactive ketones (excluding diaryl/α,β-unsaturated/α-hetero) is 1. The van der Waals surface area contributed by atoms with Crippen LogP contribution in [-0.2, 0) is 16.8 Å². The summed E-state index contributed by atoms with van der Waals surface area (Å²) in [5.41, 5.74) is 2.35. The van der Waals surface area contributed by atoms with Gasteiger partial charge >= 0.3 is 0 Å². The van der Waals surface area contributed by atoms with Crippen molar-refractivity contribution in [3.63, 3.8) is 0 Å². The van der Waals surface area contributed by atoms with Gasteiger partial charge in [0.1, 0.15) is 11.3 Å². The second-order valence-electron chi connectivity index (χ2n) is 9.53. The largest absolute Gasteiger partial charge is 0.503 e. The van der Waals surface area contributed by atoms with E-state index in [1.165, 1.54) is 11.2 Å². The molecule has 6 heteroatoms. The van der Waals surface area contributed by atoms with E-state index in [4.69, 9.17) is 8.83 Å². The van der Waals surface area contributed by atoms with Gasteiger partial charge in [-0.1, -0.05) is 63.2 Å². The highest BCUT2D eigenvalue weighted by molar-refractivity contribution is 6.16. The molecular formula is C28H25NO5. The van der Waals surface area contributed by atoms with Gasteiger partial charge in [-0.3, -0.25) is 9.59 Å². The number of aliphatic hydroxyl groups is 1. The quantitative estimate of drug-likeness (QED) is 0.368. The molecule has 2 aromatic heterocycles. The molecule has 34 heavy (non-hydrogen) atoms. The number of carbonyl (C=O) groups excluding carboxylic acids is 2. The minimum Gasteiger partial charge on any atom is -0.503 e. The van der Waals surface area contributed by atoms with Crippen LogP contribution in [-0.4, -0.2) is 21.7 Å². The van der Waals surface area contributed by atoms with Gasteiger partial charge in [0.2, 0.25) is 5.78 Å². The molecule has 0 unspecified atom stereocenters. The molecule has 5 rings (SSSR count). The minimum atomic E-state index is -0.785. The third-order valence-electron chi connectivity index (χ3n) is 6.20. The van der Waals surface area contributed by atoms with E-state index >= 15 is 0 Å². The van der Waals surface area contributed by atoms with Crippen molar-refractivity contribution in [3.8, 4) is 0 Å². The average molecular weight is 456 g/mol. The second kappa shape index (κ2) is 8.06. The molecule has 1 aliphatic heterocycles. The first-order valence-electron chi connectivity index (χ1n) is 11.1. The van der Waals surface area contributed by atoms with E-state index in [1.54, 1.807) is 24.3 Å². The maximum absolute atomic E-state index is 13.6. The van der Waals surface area contributed by atoms with Crippen LogP contribution in [0.2, 0.25) is 0 Å². The van der Waals surface area contributed by atoms with Gasteiger partial charge in [-0.15, -0.1) is 0 Å². The van der Waals surface area contributed by atoms with Gasteiger partial charge in [-0.05, 0) is 40.8 Å². The van der Waals surface area contributed by atoms with Gasteiger partial charge in [0.25, 0.3) is 5.91 Å². The molecule has 1 N–H and O–H groups in total. The molecule has 0 radical (unpaired) electrons. The molecule has 0 saturated heterocycles. The predicted octanol–water partition coefficient (Wildman–Crippen LogP) is 6.10. The van der Waals surface area contributed by atoms with E-state index in [1.807, 2.05) is 42.5 Å². The van der Waals surface area contributed by atoms with Crippen molar-refractivity contribution in [3.05, 3.63) is 107 Å². The first kappa shape index (κ1) is 21.8. The standard InChI is InChI=1S/C28H25NO5/c1-28(2,3)19-12-10-17(11-13-19)24-23(25(30)22-15-18-7-4-5-9-21(18)34-22)26(31)27(32)29(24)16-20-8-6-14-33-20/h4-15,24,31H,16H2,1-3H3/t24-/m0/s1. The number of para-hydroxylation sites is 1. The van der Waals surface area contributed by atoms with E-state index in [0.29, 0.717) is 11.3 Å². The Morgan fingerprint density at radius 1 is 1.03 bits per heavy atom. The highest BCUT2D eigenvalue weighted by Crippen LogP contribution is 2.41. The average Bonchev–Trinajstić information content (AvgIpc) is 3.53. The number of rotatable bonds is 5. The fourth-order valence-electron chi connectivity index (χ4n) is 4.36. The summed E-state index contributed by atoms with van der Waals surface area (Å²) >= 11 is 0. The molecular weight excluding hydrogens is 430 g/mol. The molecule has 3 heterocycles. The molecule has 1 aliphatic rings. The highest BCUT2D eigenvalue weighted by atomic mass is 16.3. The Labute approximate surface area is 197 Å². The Bertz CT molecular complexity index is 1370. The smallest absolute Gasteiger partial charge is 0.290 e. The number of hydrogen-bond acceptors (Lipinski definition) is 5. The van der Waals surface area contributed by atoms with Crippen molar-refractivity contribution in [2.24, 2.45) is 0 Å². The summed E-state index contributed by atoms with van der Waals surface area (Å²) < 4.78 is 11.2. The highest BCUT2D eigenvalue weighted by Gasteiger charge is 2.45. The summed E-state index contributed by atoms with van der Waals surface area (Å²) in [5.74, 6) is -1.09. The first-order valence-corrected chi connectivity index (χ1v) is 11.1. The number of carbonyl (C=O) groups is 2. The number of fused-ring (bicyclic) bond motifs is 1. The van der Waals surface area contributed by atoms with E-state index in [2.05, 4.69) is 20.8 Å². The zero-order valence-corrected chi connectivity index (χ0v) is 19.2. The summed E-state index contributed by atoms with van der Waals surface area (Å²) in [6, 6.07) is 19.4. The number of hydrogen-bond donors (Lipinski definition) is 1. The molecule has 0 aliphatic carbocycles. The van der Waals surface area contributed by atoms with Gasteiger partial charge in [0.05, 0.1) is 24.4 Å². The van der Waals surface area contributed by atoms with Crippen LogP contribution in [0.5, 0.6) is 0 Å². The van der Waals surface area contributed by atoms with Crippen molar-refractivity contribution in [2.75, 3.05) is 0 Å². The van der Waals surface area contributed by atoms with Gasteiger partial charge in [0.15, 0.2) is 11.5 Å². The van der Waals surface area contributed by atoms with Crippen LogP contribution in [0.4, 0.5) is 0 Å². The maximum atomic E-state index is 13.6. The van der Waals surface area contributed by atoms with Crippen LogP contribution in [0.1, 0.15) is 54.3 Å². The monoisotopic (exact) mass is 455 g/mol. The number of benzene rings is 2. The molecule has 0 spiro atoms. The topological polar surface area (TPSA) is 83.9 Å². The summed E-state index contributed by atoms with van der Waals surface area (Å²) in [6.45, 7) is 6.46. The number of nitrogens with zero attached hydrogens (tertiary/aromatic N) is 1. The summed E-state index contributed by atoms with van der Waals surface area (Å²) in [7, 11) is 0. The van der Waals surface area contributed by atoms with E-state index < -0.39 is 23.5 Å². The number of amides is 1. The number of aliphatic hydroxyl groups excluding tert-OH is 1. The Morgan fingerprint density at radius 2 is 1.76 bits per heavy atom. The van der Waals surface area contributed by atoms with E-state index in [-0.39, 0.29) is 23.3 Å². The molecule has 0 saturated carbocycles. The van der Waals surface area contributed by atoms with Gasteiger partial charge in [-0.25, -0.2) is 0 Å². The van der Waals surface area contributed by atoms with Crippen LogP contribution in [0.15, 0.2) is 93.2 Å². The normalized spacial score (nSPS) is 16.6. The lowest BCUT2D eigenvalue weighted by Gasteiger charge is -2.27. The van der Waals surface area contributed by atoms with Crippen molar-refractivity contribution >= 4 is 22.7 Å². The van der Waals surface area contributed by atoms with E-state index in [9.17, 15) is 14.7 Å². The van der Waals surface area contributed by atoms with Crippen LogP contribution >= 0.6 is 0 Å².